The minimum atomic E-state index is -0.237. The number of nitrogens with zero attached hydrogens (tertiary/aromatic N) is 1. The zero-order chi connectivity index (χ0) is 14.1. The smallest absolute Gasteiger partial charge is 0.261 e. The van der Waals surface area contributed by atoms with Gasteiger partial charge in [-0.3, -0.25) is 14.5 Å². The van der Waals surface area contributed by atoms with E-state index in [4.69, 9.17) is 5.73 Å². The van der Waals surface area contributed by atoms with Crippen LogP contribution in [0.15, 0.2) is 48.5 Å². The number of fused-ring (bicyclic) bond motifs is 1. The molecule has 3 rings (SSSR count). The van der Waals surface area contributed by atoms with Crippen LogP contribution >= 0.6 is 0 Å². The molecule has 0 aromatic heterocycles. The zero-order valence-electron chi connectivity index (χ0n) is 10.9. The molecule has 1 heterocycles. The highest BCUT2D eigenvalue weighted by atomic mass is 16.2. The Morgan fingerprint density at radius 2 is 1.85 bits per heavy atom. The molecule has 0 radical (unpaired) electrons. The number of nitrogens with two attached hydrogens (primary N) is 1. The summed E-state index contributed by atoms with van der Waals surface area (Å²) in [4.78, 5) is 25.8. The Hall–Kier alpha value is -2.62. The van der Waals surface area contributed by atoms with Gasteiger partial charge in [-0.05, 0) is 29.3 Å². The van der Waals surface area contributed by atoms with Gasteiger partial charge >= 0.3 is 0 Å². The van der Waals surface area contributed by atoms with Gasteiger partial charge < -0.3 is 5.73 Å². The molecule has 0 fully saturated rings. The summed E-state index contributed by atoms with van der Waals surface area (Å²) in [6.07, 6.45) is 0.268. The lowest BCUT2D eigenvalue weighted by molar-refractivity contribution is -0.128. The van der Waals surface area contributed by atoms with Crippen LogP contribution in [0, 0.1) is 0 Å². The SMILES string of the molecule is Nc1cccc(CN2C(=O)Cc3ccccc3C2=O)c1. The zero-order valence-corrected chi connectivity index (χ0v) is 10.9. The van der Waals surface area contributed by atoms with Gasteiger partial charge in [-0.2, -0.15) is 0 Å². The molecule has 1 aliphatic rings. The highest BCUT2D eigenvalue weighted by Gasteiger charge is 2.30. The molecule has 1 aliphatic heterocycles. The fraction of sp³-hybridized carbons (Fsp3) is 0.125. The third-order valence-corrected chi connectivity index (χ3v) is 3.43. The molecule has 4 nitrogen and oxygen atoms in total. The van der Waals surface area contributed by atoms with E-state index in [2.05, 4.69) is 0 Å². The van der Waals surface area contributed by atoms with Gasteiger partial charge in [-0.1, -0.05) is 30.3 Å². The van der Waals surface area contributed by atoms with Crippen molar-refractivity contribution in [1.82, 2.24) is 4.90 Å². The van der Waals surface area contributed by atoms with Gasteiger partial charge in [0.1, 0.15) is 0 Å². The van der Waals surface area contributed by atoms with Gasteiger partial charge in [-0.15, -0.1) is 0 Å². The molecule has 2 amide bonds. The Labute approximate surface area is 116 Å². The van der Waals surface area contributed by atoms with Crippen molar-refractivity contribution in [1.29, 1.82) is 0 Å². The maximum absolute atomic E-state index is 12.4. The van der Waals surface area contributed by atoms with Crippen LogP contribution < -0.4 is 5.73 Å². The van der Waals surface area contributed by atoms with Crippen molar-refractivity contribution in [2.24, 2.45) is 0 Å². The van der Waals surface area contributed by atoms with Crippen LogP contribution in [0.4, 0.5) is 5.69 Å². The van der Waals surface area contributed by atoms with E-state index in [0.29, 0.717) is 11.3 Å². The molecule has 2 aromatic rings. The molecule has 0 spiro atoms. The van der Waals surface area contributed by atoms with Crippen LogP contribution in [0.3, 0.4) is 0 Å². The molecule has 4 heteroatoms. The molecule has 2 aromatic carbocycles. The second-order valence-electron chi connectivity index (χ2n) is 4.86. The fourth-order valence-corrected chi connectivity index (χ4v) is 2.43. The highest BCUT2D eigenvalue weighted by Crippen LogP contribution is 2.21. The first-order chi connectivity index (χ1) is 9.65. The van der Waals surface area contributed by atoms with Gasteiger partial charge in [0, 0.05) is 11.3 Å². The quantitative estimate of drug-likeness (QED) is 0.668. The molecule has 0 unspecified atom stereocenters. The van der Waals surface area contributed by atoms with Crippen molar-refractivity contribution in [2.45, 2.75) is 13.0 Å². The molecular weight excluding hydrogens is 252 g/mol. The van der Waals surface area contributed by atoms with Crippen molar-refractivity contribution in [2.75, 3.05) is 5.73 Å². The lowest BCUT2D eigenvalue weighted by Gasteiger charge is -2.26. The Morgan fingerprint density at radius 1 is 1.05 bits per heavy atom. The molecular formula is C16H14N2O2. The van der Waals surface area contributed by atoms with Crippen molar-refractivity contribution >= 4 is 17.5 Å². The number of rotatable bonds is 2. The summed E-state index contributed by atoms with van der Waals surface area (Å²) >= 11 is 0. The normalized spacial score (nSPS) is 14.3. The average molecular weight is 266 g/mol. The third-order valence-electron chi connectivity index (χ3n) is 3.43. The first-order valence-electron chi connectivity index (χ1n) is 6.42. The number of carbonyl (C=O) groups excluding carboxylic acids is 2. The van der Waals surface area contributed by atoms with Crippen molar-refractivity contribution in [3.8, 4) is 0 Å². The van der Waals surface area contributed by atoms with E-state index in [1.54, 1.807) is 18.2 Å². The van der Waals surface area contributed by atoms with Gasteiger partial charge in [0.15, 0.2) is 0 Å². The van der Waals surface area contributed by atoms with Crippen molar-refractivity contribution < 1.29 is 9.59 Å². The fourth-order valence-electron chi connectivity index (χ4n) is 2.43. The maximum atomic E-state index is 12.4. The Kier molecular flexibility index (Phi) is 2.99. The largest absolute Gasteiger partial charge is 0.399 e. The van der Waals surface area contributed by atoms with Crippen LogP contribution in [-0.2, 0) is 17.8 Å². The molecule has 0 aliphatic carbocycles. The van der Waals surface area contributed by atoms with Gasteiger partial charge in [0.2, 0.25) is 5.91 Å². The number of hydrogen-bond acceptors (Lipinski definition) is 3. The first kappa shape index (κ1) is 12.4. The Bertz CT molecular complexity index is 694. The van der Waals surface area contributed by atoms with Gasteiger partial charge in [-0.25, -0.2) is 0 Å². The number of carbonyl (C=O) groups is 2. The van der Waals surface area contributed by atoms with E-state index in [0.717, 1.165) is 11.1 Å². The molecule has 20 heavy (non-hydrogen) atoms. The van der Waals surface area contributed by atoms with Gasteiger partial charge in [0.25, 0.3) is 5.91 Å². The topological polar surface area (TPSA) is 63.4 Å². The van der Waals surface area contributed by atoms with E-state index < -0.39 is 0 Å². The summed E-state index contributed by atoms with van der Waals surface area (Å²) in [5, 5.41) is 0. The molecule has 2 N–H and O–H groups in total. The third kappa shape index (κ3) is 2.16. The Balaban J connectivity index is 1.91. The van der Waals surface area contributed by atoms with E-state index in [1.165, 1.54) is 4.90 Å². The average Bonchev–Trinajstić information content (AvgIpc) is 2.43. The molecule has 100 valence electrons. The summed E-state index contributed by atoms with van der Waals surface area (Å²) in [5.74, 6) is -0.407. The second-order valence-corrected chi connectivity index (χ2v) is 4.86. The molecule has 0 bridgehead atoms. The second kappa shape index (κ2) is 4.81. The first-order valence-corrected chi connectivity index (χ1v) is 6.42. The molecule has 0 saturated carbocycles. The lowest BCUT2D eigenvalue weighted by atomic mass is 9.98. The predicted octanol–water partition coefficient (Wildman–Crippen LogP) is 1.99. The summed E-state index contributed by atoms with van der Waals surface area (Å²) in [6.45, 7) is 0.261. The van der Waals surface area contributed by atoms with E-state index >= 15 is 0 Å². The minimum Gasteiger partial charge on any atom is -0.399 e. The summed E-state index contributed by atoms with van der Waals surface area (Å²) in [5.41, 5.74) is 8.60. The summed E-state index contributed by atoms with van der Waals surface area (Å²) in [6, 6.07) is 14.5. The van der Waals surface area contributed by atoms with E-state index in [9.17, 15) is 9.59 Å². The van der Waals surface area contributed by atoms with Crippen molar-refractivity contribution in [3.63, 3.8) is 0 Å². The lowest BCUT2D eigenvalue weighted by Crippen LogP contribution is -2.41. The number of benzene rings is 2. The molecule has 0 saturated heterocycles. The minimum absolute atomic E-state index is 0.170. The predicted molar refractivity (Wildman–Crippen MR) is 75.9 cm³/mol. The number of amides is 2. The van der Waals surface area contributed by atoms with Gasteiger partial charge in [0.05, 0.1) is 13.0 Å². The maximum Gasteiger partial charge on any atom is 0.261 e. The van der Waals surface area contributed by atoms with E-state index in [-0.39, 0.29) is 24.8 Å². The Morgan fingerprint density at radius 3 is 2.65 bits per heavy atom. The van der Waals surface area contributed by atoms with Crippen LogP contribution in [-0.4, -0.2) is 16.7 Å². The van der Waals surface area contributed by atoms with Crippen LogP contribution in [0.2, 0.25) is 0 Å². The van der Waals surface area contributed by atoms with Crippen molar-refractivity contribution in [3.05, 3.63) is 65.2 Å². The highest BCUT2D eigenvalue weighted by molar-refractivity contribution is 6.09. The molecule has 0 atom stereocenters. The number of anilines is 1. The van der Waals surface area contributed by atoms with Crippen LogP contribution in [0.1, 0.15) is 21.5 Å². The summed E-state index contributed by atoms with van der Waals surface area (Å²) in [7, 11) is 0. The number of imide groups is 1. The number of nitrogen functional groups attached to an aromatic ring is 1. The van der Waals surface area contributed by atoms with Crippen LogP contribution in [0.25, 0.3) is 0 Å². The summed E-state index contributed by atoms with van der Waals surface area (Å²) < 4.78 is 0. The monoisotopic (exact) mass is 266 g/mol. The number of hydrogen-bond donors (Lipinski definition) is 1. The van der Waals surface area contributed by atoms with E-state index in [1.807, 2.05) is 30.3 Å². The standard InChI is InChI=1S/C16H14N2O2/c17-13-6-3-4-11(8-13)10-18-15(19)9-12-5-1-2-7-14(12)16(18)20/h1-8H,9-10,17H2. The van der Waals surface area contributed by atoms with Crippen LogP contribution in [0.5, 0.6) is 0 Å².